The summed E-state index contributed by atoms with van der Waals surface area (Å²) in [4.78, 5) is 22.4. The van der Waals surface area contributed by atoms with Gasteiger partial charge in [0.05, 0.1) is 25.6 Å². The summed E-state index contributed by atoms with van der Waals surface area (Å²) in [6.07, 6.45) is 18.7. The lowest BCUT2D eigenvalue weighted by Crippen LogP contribution is -2.17. The smallest absolute Gasteiger partial charge is 0.353 e. The Hall–Kier alpha value is -1.54. The maximum atomic E-state index is 12.2. The van der Waals surface area contributed by atoms with Gasteiger partial charge in [-0.05, 0) is 13.3 Å². The fraction of sp³-hybridized carbons (Fsp3) is 0.792. The maximum absolute atomic E-state index is 12.2. The maximum Gasteiger partial charge on any atom is 0.353 e. The molecule has 0 amide bonds. The number of hydrogen-bond acceptors (Lipinski definition) is 7. The van der Waals surface area contributed by atoms with Crippen molar-refractivity contribution in [3.05, 3.63) is 12.7 Å². The zero-order chi connectivity index (χ0) is 24.7. The summed E-state index contributed by atoms with van der Waals surface area (Å²) < 4.78 is 24.8. The van der Waals surface area contributed by atoms with Gasteiger partial charge in [-0.3, -0.25) is 4.57 Å². The highest BCUT2D eigenvalue weighted by Crippen LogP contribution is 2.42. The van der Waals surface area contributed by atoms with Gasteiger partial charge in [-0.1, -0.05) is 84.0 Å². The van der Waals surface area contributed by atoms with Gasteiger partial charge in [0.1, 0.15) is 18.2 Å². The Morgan fingerprint density at radius 3 is 2.18 bits per heavy atom. The molecular formula is C24H44N5O4P. The molecule has 0 aliphatic heterocycles. The zero-order valence-electron chi connectivity index (χ0n) is 21.0. The van der Waals surface area contributed by atoms with Crippen LogP contribution in [0.5, 0.6) is 0 Å². The Kier molecular flexibility index (Phi) is 13.7. The Morgan fingerprint density at radius 1 is 0.971 bits per heavy atom. The molecule has 0 aromatic carbocycles. The van der Waals surface area contributed by atoms with Crippen molar-refractivity contribution >= 4 is 24.6 Å². The van der Waals surface area contributed by atoms with Crippen LogP contribution in [-0.4, -0.2) is 43.5 Å². The fourth-order valence-corrected chi connectivity index (χ4v) is 4.88. The van der Waals surface area contributed by atoms with Gasteiger partial charge >= 0.3 is 7.60 Å². The fourth-order valence-electron chi connectivity index (χ4n) is 3.95. The van der Waals surface area contributed by atoms with Crippen LogP contribution in [0.4, 0.5) is 5.82 Å². The molecule has 2 aromatic heterocycles. The first kappa shape index (κ1) is 28.7. The lowest BCUT2D eigenvalue weighted by Gasteiger charge is -2.17. The number of hydrogen-bond donors (Lipinski definition) is 2. The molecule has 0 spiro atoms. The van der Waals surface area contributed by atoms with Gasteiger partial charge in [-0.25, -0.2) is 15.0 Å². The van der Waals surface area contributed by atoms with E-state index in [2.05, 4.69) is 21.9 Å². The van der Waals surface area contributed by atoms with Gasteiger partial charge in [0, 0.05) is 0 Å². The molecule has 0 bridgehead atoms. The lowest BCUT2D eigenvalue weighted by molar-refractivity contribution is 0.0715. The van der Waals surface area contributed by atoms with Crippen molar-refractivity contribution in [2.75, 3.05) is 18.7 Å². The third kappa shape index (κ3) is 11.3. The minimum absolute atomic E-state index is 0.283. The van der Waals surface area contributed by atoms with Crippen LogP contribution in [0, 0.1) is 0 Å². The molecule has 10 heteroatoms. The van der Waals surface area contributed by atoms with Crippen molar-refractivity contribution in [2.45, 2.75) is 110 Å². The van der Waals surface area contributed by atoms with Crippen LogP contribution in [-0.2, 0) is 20.4 Å². The number of rotatable bonds is 20. The molecule has 0 fully saturated rings. The summed E-state index contributed by atoms with van der Waals surface area (Å²) in [6, 6.07) is 0. The number of ether oxygens (including phenoxy) is 1. The minimum atomic E-state index is -3.77. The molecule has 0 aliphatic rings. The van der Waals surface area contributed by atoms with E-state index in [4.69, 9.17) is 15.0 Å². The third-order valence-corrected chi connectivity index (χ3v) is 7.01. The number of imidazole rings is 1. The molecule has 34 heavy (non-hydrogen) atoms. The summed E-state index contributed by atoms with van der Waals surface area (Å²) in [5.74, 6) is 0.318. The van der Waals surface area contributed by atoms with E-state index < -0.39 is 7.60 Å². The number of nitrogens with zero attached hydrogens (tertiary/aromatic N) is 4. The molecule has 0 aliphatic carbocycles. The Labute approximate surface area is 204 Å². The van der Waals surface area contributed by atoms with E-state index in [9.17, 15) is 9.46 Å². The molecule has 2 heterocycles. The Balaban J connectivity index is 1.48. The van der Waals surface area contributed by atoms with Crippen molar-refractivity contribution in [3.8, 4) is 0 Å². The number of unbranched alkanes of at least 4 members (excludes halogenated alkanes) is 12. The third-order valence-electron chi connectivity index (χ3n) is 5.95. The van der Waals surface area contributed by atoms with E-state index in [1.54, 1.807) is 10.9 Å². The normalized spacial score (nSPS) is 14.4. The van der Waals surface area contributed by atoms with Crippen LogP contribution in [0.3, 0.4) is 0 Å². The van der Waals surface area contributed by atoms with Crippen LogP contribution >= 0.6 is 7.60 Å². The topological polar surface area (TPSA) is 125 Å². The van der Waals surface area contributed by atoms with Gasteiger partial charge in [-0.2, -0.15) is 0 Å². The standard InChI is InChI=1S/C24H44N5O4P/c1-3-4-5-6-7-8-9-10-11-12-13-14-15-16-33-34(30,31)20-32-21(2)17-29-19-28-22-23(25)26-18-27-24(22)29/h18-19,21H,3-17,20H2,1-2H3,(H,30,31)(H2,25,26,27)/t21-/m1/s1. The Bertz CT molecular complexity index is 863. The molecular weight excluding hydrogens is 453 g/mol. The molecule has 9 nitrogen and oxygen atoms in total. The Morgan fingerprint density at radius 2 is 1.56 bits per heavy atom. The summed E-state index contributed by atoms with van der Waals surface area (Å²) in [5, 5.41) is 0. The first-order valence-corrected chi connectivity index (χ1v) is 14.7. The highest BCUT2D eigenvalue weighted by atomic mass is 31.2. The lowest BCUT2D eigenvalue weighted by atomic mass is 10.0. The van der Waals surface area contributed by atoms with Gasteiger partial charge < -0.3 is 24.5 Å². The summed E-state index contributed by atoms with van der Waals surface area (Å²) in [6.45, 7) is 4.78. The van der Waals surface area contributed by atoms with Gasteiger partial charge in [0.15, 0.2) is 11.5 Å². The van der Waals surface area contributed by atoms with Gasteiger partial charge in [0.25, 0.3) is 0 Å². The van der Waals surface area contributed by atoms with E-state index in [0.717, 1.165) is 19.3 Å². The largest absolute Gasteiger partial charge is 0.382 e. The van der Waals surface area contributed by atoms with Crippen LogP contribution < -0.4 is 5.73 Å². The second kappa shape index (κ2) is 16.2. The van der Waals surface area contributed by atoms with Gasteiger partial charge in [0.2, 0.25) is 0 Å². The molecule has 194 valence electrons. The molecule has 2 atom stereocenters. The van der Waals surface area contributed by atoms with E-state index in [0.29, 0.717) is 23.5 Å². The van der Waals surface area contributed by atoms with Crippen molar-refractivity contribution in [1.82, 2.24) is 19.5 Å². The summed E-state index contributed by atoms with van der Waals surface area (Å²) in [5.41, 5.74) is 6.93. The van der Waals surface area contributed by atoms with E-state index in [1.807, 2.05) is 6.92 Å². The van der Waals surface area contributed by atoms with E-state index in [-0.39, 0.29) is 19.1 Å². The average molecular weight is 498 g/mol. The monoisotopic (exact) mass is 497 g/mol. The first-order valence-electron chi connectivity index (χ1n) is 12.9. The van der Waals surface area contributed by atoms with Crippen LogP contribution in [0.1, 0.15) is 97.3 Å². The predicted molar refractivity (Wildman–Crippen MR) is 137 cm³/mol. The van der Waals surface area contributed by atoms with E-state index in [1.165, 1.54) is 70.5 Å². The van der Waals surface area contributed by atoms with Crippen molar-refractivity contribution < 1.29 is 18.7 Å². The van der Waals surface area contributed by atoms with E-state index >= 15 is 0 Å². The number of aromatic nitrogens is 4. The SMILES string of the molecule is CCCCCCCCCCCCCCCOP(=O)(O)CO[C@H](C)Cn1cnc2c(N)ncnc21. The van der Waals surface area contributed by atoms with Crippen LogP contribution in [0.25, 0.3) is 11.2 Å². The predicted octanol–water partition coefficient (Wildman–Crippen LogP) is 6.06. The van der Waals surface area contributed by atoms with Crippen LogP contribution in [0.2, 0.25) is 0 Å². The molecule has 2 rings (SSSR count). The summed E-state index contributed by atoms with van der Waals surface area (Å²) in [7, 11) is -3.77. The number of nitrogen functional groups attached to an aromatic ring is 1. The highest BCUT2D eigenvalue weighted by Gasteiger charge is 2.21. The number of anilines is 1. The molecule has 1 unspecified atom stereocenters. The molecule has 0 saturated carbocycles. The second-order valence-electron chi connectivity index (χ2n) is 9.15. The number of fused-ring (bicyclic) bond motifs is 1. The summed E-state index contributed by atoms with van der Waals surface area (Å²) >= 11 is 0. The molecule has 3 N–H and O–H groups in total. The van der Waals surface area contributed by atoms with Crippen molar-refractivity contribution in [1.29, 1.82) is 0 Å². The molecule has 2 aromatic rings. The first-order chi connectivity index (χ1) is 16.4. The quantitative estimate of drug-likeness (QED) is 0.167. The second-order valence-corrected chi connectivity index (χ2v) is 10.9. The van der Waals surface area contributed by atoms with Crippen molar-refractivity contribution in [3.63, 3.8) is 0 Å². The molecule has 0 saturated heterocycles. The number of nitrogens with two attached hydrogens (primary N) is 1. The highest BCUT2D eigenvalue weighted by molar-refractivity contribution is 7.52. The average Bonchev–Trinajstić information content (AvgIpc) is 3.22. The zero-order valence-corrected chi connectivity index (χ0v) is 21.9. The molecule has 0 radical (unpaired) electrons. The minimum Gasteiger partial charge on any atom is -0.382 e. The van der Waals surface area contributed by atoms with Gasteiger partial charge in [-0.15, -0.1) is 0 Å². The van der Waals surface area contributed by atoms with Crippen LogP contribution in [0.15, 0.2) is 12.7 Å². The van der Waals surface area contributed by atoms with Crippen molar-refractivity contribution in [2.24, 2.45) is 0 Å².